The van der Waals surface area contributed by atoms with E-state index >= 15 is 0 Å². The van der Waals surface area contributed by atoms with Gasteiger partial charge in [-0.05, 0) is 25.0 Å². The van der Waals surface area contributed by atoms with Crippen LogP contribution in [0, 0.1) is 0 Å². The van der Waals surface area contributed by atoms with E-state index in [1.807, 2.05) is 28.8 Å². The van der Waals surface area contributed by atoms with E-state index in [2.05, 4.69) is 31.1 Å². The Kier molecular flexibility index (Phi) is 5.51. The summed E-state index contributed by atoms with van der Waals surface area (Å²) < 4.78 is 0.265. The Hall–Kier alpha value is -1.23. The smallest absolute Gasteiger partial charge is 0.255 e. The Morgan fingerprint density at radius 2 is 2.24 bits per heavy atom. The third-order valence-corrected chi connectivity index (χ3v) is 5.06. The molecule has 0 unspecified atom stereocenters. The fourth-order valence-corrected chi connectivity index (χ4v) is 3.38. The van der Waals surface area contributed by atoms with Gasteiger partial charge < -0.3 is 10.2 Å². The van der Waals surface area contributed by atoms with Crippen LogP contribution < -0.4 is 5.32 Å². The Balaban J connectivity index is 1.99. The molecule has 1 aliphatic heterocycles. The quantitative estimate of drug-likeness (QED) is 0.927. The molecule has 0 radical (unpaired) electrons. The van der Waals surface area contributed by atoms with E-state index in [4.69, 9.17) is 0 Å². The van der Waals surface area contributed by atoms with Crippen LogP contribution in [-0.2, 0) is 0 Å². The Bertz CT molecular complexity index is 473. The lowest BCUT2D eigenvalue weighted by Gasteiger charge is -2.22. The number of rotatable bonds is 4. The van der Waals surface area contributed by atoms with Gasteiger partial charge in [0.25, 0.3) is 5.91 Å². The van der Waals surface area contributed by atoms with E-state index in [0.29, 0.717) is 5.56 Å². The van der Waals surface area contributed by atoms with Gasteiger partial charge in [0, 0.05) is 36.3 Å². The van der Waals surface area contributed by atoms with Crippen LogP contribution in [-0.4, -0.2) is 45.9 Å². The van der Waals surface area contributed by atoms with Crippen LogP contribution in [0.2, 0.25) is 0 Å². The number of anilines is 1. The number of hydrogen-bond acceptors (Lipinski definition) is 4. The van der Waals surface area contributed by atoms with Gasteiger partial charge in [-0.15, -0.1) is 0 Å². The molecule has 0 spiro atoms. The average Bonchev–Trinajstić information content (AvgIpc) is 2.66. The van der Waals surface area contributed by atoms with Gasteiger partial charge in [-0.25, -0.2) is 4.98 Å². The van der Waals surface area contributed by atoms with Crippen LogP contribution in [0.1, 0.15) is 44.0 Å². The standard InChI is InChI=1S/C16H25N3OS/c1-4-8-17-14-6-5-13(12-18-14)15(20)19-9-7-16(2,3)21-11-10-19/h5-6,12H,4,7-11H2,1-3H3,(H,17,18). The number of nitrogens with one attached hydrogen (secondary N) is 1. The van der Waals surface area contributed by atoms with Gasteiger partial charge in [-0.3, -0.25) is 4.79 Å². The number of carbonyl (C=O) groups is 1. The van der Waals surface area contributed by atoms with Gasteiger partial charge in [-0.2, -0.15) is 11.8 Å². The minimum atomic E-state index is 0.0999. The molecular weight excluding hydrogens is 282 g/mol. The number of hydrogen-bond donors (Lipinski definition) is 1. The van der Waals surface area contributed by atoms with Crippen LogP contribution in [0.25, 0.3) is 0 Å². The predicted molar refractivity (Wildman–Crippen MR) is 90.1 cm³/mol. The highest BCUT2D eigenvalue weighted by Gasteiger charge is 2.26. The summed E-state index contributed by atoms with van der Waals surface area (Å²) >= 11 is 1.95. The second-order valence-corrected chi connectivity index (χ2v) is 7.81. The second kappa shape index (κ2) is 7.16. The lowest BCUT2D eigenvalue weighted by molar-refractivity contribution is 0.0764. The van der Waals surface area contributed by atoms with Crippen molar-refractivity contribution < 1.29 is 4.79 Å². The third-order valence-electron chi connectivity index (χ3n) is 3.69. The molecule has 5 heteroatoms. The van der Waals surface area contributed by atoms with E-state index in [1.54, 1.807) is 6.20 Å². The van der Waals surface area contributed by atoms with Crippen molar-refractivity contribution >= 4 is 23.5 Å². The third kappa shape index (κ3) is 4.63. The van der Waals surface area contributed by atoms with Crippen molar-refractivity contribution in [1.82, 2.24) is 9.88 Å². The molecule has 2 rings (SSSR count). The number of amides is 1. The normalized spacial score (nSPS) is 18.1. The van der Waals surface area contributed by atoms with E-state index in [-0.39, 0.29) is 10.7 Å². The maximum Gasteiger partial charge on any atom is 0.255 e. The first kappa shape index (κ1) is 16.1. The van der Waals surface area contributed by atoms with Gasteiger partial charge >= 0.3 is 0 Å². The molecule has 1 saturated heterocycles. The minimum absolute atomic E-state index is 0.0999. The fraction of sp³-hybridized carbons (Fsp3) is 0.625. The van der Waals surface area contributed by atoms with E-state index in [9.17, 15) is 4.79 Å². The van der Waals surface area contributed by atoms with Crippen molar-refractivity contribution in [3.63, 3.8) is 0 Å². The van der Waals surface area contributed by atoms with Crippen LogP contribution >= 0.6 is 11.8 Å². The predicted octanol–water partition coefficient (Wildman–Crippen LogP) is 3.26. The largest absolute Gasteiger partial charge is 0.370 e. The molecule has 4 nitrogen and oxygen atoms in total. The van der Waals surface area contributed by atoms with Crippen molar-refractivity contribution in [1.29, 1.82) is 0 Å². The first-order valence-corrected chi connectivity index (χ1v) is 8.63. The zero-order chi connectivity index (χ0) is 15.3. The summed E-state index contributed by atoms with van der Waals surface area (Å²) in [7, 11) is 0. The Morgan fingerprint density at radius 1 is 1.43 bits per heavy atom. The van der Waals surface area contributed by atoms with Crippen molar-refractivity contribution in [3.05, 3.63) is 23.9 Å². The van der Waals surface area contributed by atoms with Crippen molar-refractivity contribution in [3.8, 4) is 0 Å². The van der Waals surface area contributed by atoms with Gasteiger partial charge in [0.2, 0.25) is 0 Å². The lowest BCUT2D eigenvalue weighted by atomic mass is 10.1. The van der Waals surface area contributed by atoms with Crippen molar-refractivity contribution in [2.75, 3.05) is 30.7 Å². The molecular formula is C16H25N3OS. The summed E-state index contributed by atoms with van der Waals surface area (Å²) in [5.41, 5.74) is 0.682. The molecule has 1 N–H and O–H groups in total. The molecule has 0 aliphatic carbocycles. The van der Waals surface area contributed by atoms with Crippen LogP contribution in [0.4, 0.5) is 5.82 Å². The van der Waals surface area contributed by atoms with Gasteiger partial charge in [-0.1, -0.05) is 20.8 Å². The maximum absolute atomic E-state index is 12.5. The van der Waals surface area contributed by atoms with Crippen molar-refractivity contribution in [2.24, 2.45) is 0 Å². The Labute approximate surface area is 131 Å². The highest BCUT2D eigenvalue weighted by atomic mass is 32.2. The summed E-state index contributed by atoms with van der Waals surface area (Å²) in [5.74, 6) is 1.94. The fourth-order valence-electron chi connectivity index (χ4n) is 2.28. The van der Waals surface area contributed by atoms with Crippen LogP contribution in [0.3, 0.4) is 0 Å². The highest BCUT2D eigenvalue weighted by Crippen LogP contribution is 2.31. The Morgan fingerprint density at radius 3 is 2.90 bits per heavy atom. The first-order valence-electron chi connectivity index (χ1n) is 7.65. The number of carbonyl (C=O) groups excluding carboxylic acids is 1. The molecule has 1 aliphatic rings. The molecule has 21 heavy (non-hydrogen) atoms. The molecule has 0 saturated carbocycles. The van der Waals surface area contributed by atoms with Gasteiger partial charge in [0.05, 0.1) is 5.56 Å². The number of nitrogens with zero attached hydrogens (tertiary/aromatic N) is 2. The molecule has 0 atom stereocenters. The zero-order valence-corrected chi connectivity index (χ0v) is 14.0. The molecule has 116 valence electrons. The summed E-state index contributed by atoms with van der Waals surface area (Å²) in [6, 6.07) is 3.76. The molecule has 1 aromatic rings. The van der Waals surface area contributed by atoms with E-state index in [1.165, 1.54) is 0 Å². The molecule has 0 aromatic carbocycles. The van der Waals surface area contributed by atoms with Gasteiger partial charge in [0.1, 0.15) is 5.82 Å². The van der Waals surface area contributed by atoms with Crippen LogP contribution in [0.5, 0.6) is 0 Å². The maximum atomic E-state index is 12.5. The van der Waals surface area contributed by atoms with Crippen LogP contribution in [0.15, 0.2) is 18.3 Å². The van der Waals surface area contributed by atoms with E-state index in [0.717, 1.165) is 44.0 Å². The van der Waals surface area contributed by atoms with E-state index < -0.39 is 0 Å². The molecule has 1 amide bonds. The molecule has 1 aromatic heterocycles. The monoisotopic (exact) mass is 307 g/mol. The summed E-state index contributed by atoms with van der Waals surface area (Å²) in [6.07, 6.45) is 3.78. The number of thioether (sulfide) groups is 1. The van der Waals surface area contributed by atoms with Crippen molar-refractivity contribution in [2.45, 2.75) is 38.4 Å². The topological polar surface area (TPSA) is 45.2 Å². The molecule has 0 bridgehead atoms. The second-order valence-electron chi connectivity index (χ2n) is 6.01. The SMILES string of the molecule is CCCNc1ccc(C(=O)N2CCSC(C)(C)CC2)cn1. The highest BCUT2D eigenvalue weighted by molar-refractivity contribution is 8.00. The van der Waals surface area contributed by atoms with Gasteiger partial charge in [0.15, 0.2) is 0 Å². The number of pyridine rings is 1. The summed E-state index contributed by atoms with van der Waals surface area (Å²) in [5, 5.41) is 3.22. The first-order chi connectivity index (χ1) is 10.0. The minimum Gasteiger partial charge on any atom is -0.370 e. The molecule has 1 fully saturated rings. The lowest BCUT2D eigenvalue weighted by Crippen LogP contribution is -2.33. The summed E-state index contributed by atoms with van der Waals surface area (Å²) in [4.78, 5) is 18.8. The zero-order valence-electron chi connectivity index (χ0n) is 13.2. The summed E-state index contributed by atoms with van der Waals surface area (Å²) in [6.45, 7) is 9.17. The molecule has 2 heterocycles. The average molecular weight is 307 g/mol. The number of aromatic nitrogens is 1.